The molecule has 2 rings (SSSR count). The van der Waals surface area contributed by atoms with E-state index in [2.05, 4.69) is 4.74 Å². The van der Waals surface area contributed by atoms with Crippen LogP contribution in [0.3, 0.4) is 0 Å². The van der Waals surface area contributed by atoms with Crippen molar-refractivity contribution in [2.75, 3.05) is 13.7 Å². The second kappa shape index (κ2) is 8.89. The highest BCUT2D eigenvalue weighted by atomic mass is 32.2. The molecule has 0 bridgehead atoms. The highest BCUT2D eigenvalue weighted by molar-refractivity contribution is 8.00. The largest absolute Gasteiger partial charge is 0.480 e. The van der Waals surface area contributed by atoms with Gasteiger partial charge in [-0.2, -0.15) is 0 Å². The van der Waals surface area contributed by atoms with Crippen molar-refractivity contribution in [3.05, 3.63) is 30.3 Å². The molecule has 25 heavy (non-hydrogen) atoms. The summed E-state index contributed by atoms with van der Waals surface area (Å²) in [5, 5.41) is 9.49. The molecule has 0 spiro atoms. The Kier molecular flexibility index (Phi) is 6.87. The predicted molar refractivity (Wildman–Crippen MR) is 94.3 cm³/mol. The van der Waals surface area contributed by atoms with Crippen LogP contribution in [0.15, 0.2) is 35.2 Å². The van der Waals surface area contributed by atoms with Gasteiger partial charge in [0.15, 0.2) is 0 Å². The van der Waals surface area contributed by atoms with Crippen molar-refractivity contribution >= 4 is 29.6 Å². The first-order chi connectivity index (χ1) is 11.9. The van der Waals surface area contributed by atoms with E-state index in [4.69, 9.17) is 0 Å². The quantitative estimate of drug-likeness (QED) is 0.747. The van der Waals surface area contributed by atoms with Gasteiger partial charge < -0.3 is 14.7 Å². The molecule has 1 saturated heterocycles. The molecule has 0 aliphatic carbocycles. The summed E-state index contributed by atoms with van der Waals surface area (Å²) < 4.78 is 4.65. The zero-order valence-corrected chi connectivity index (χ0v) is 15.2. The third-order valence-corrected chi connectivity index (χ3v) is 5.53. The van der Waals surface area contributed by atoms with Gasteiger partial charge in [0.2, 0.25) is 5.91 Å². The van der Waals surface area contributed by atoms with E-state index in [9.17, 15) is 19.5 Å². The van der Waals surface area contributed by atoms with Gasteiger partial charge in [0.1, 0.15) is 6.04 Å². The van der Waals surface area contributed by atoms with E-state index in [0.717, 1.165) is 4.90 Å². The number of rotatable bonds is 7. The molecule has 1 aromatic carbocycles. The van der Waals surface area contributed by atoms with Gasteiger partial charge in [0.25, 0.3) is 0 Å². The summed E-state index contributed by atoms with van der Waals surface area (Å²) in [6.07, 6.45) is 0.917. The van der Waals surface area contributed by atoms with Crippen LogP contribution in [0.5, 0.6) is 0 Å². The molecule has 2 unspecified atom stereocenters. The first kappa shape index (κ1) is 19.3. The Morgan fingerprint density at radius 2 is 2.00 bits per heavy atom. The molecule has 1 N–H and O–H groups in total. The molecule has 3 atom stereocenters. The molecule has 0 aromatic heterocycles. The lowest BCUT2D eigenvalue weighted by Gasteiger charge is -2.22. The van der Waals surface area contributed by atoms with Gasteiger partial charge in [0.05, 0.1) is 13.0 Å². The average molecular weight is 365 g/mol. The number of nitrogens with zero attached hydrogens (tertiary/aromatic N) is 1. The Hall–Kier alpha value is -2.02. The Labute approximate surface area is 151 Å². The number of benzene rings is 1. The van der Waals surface area contributed by atoms with Crippen molar-refractivity contribution in [1.82, 2.24) is 4.90 Å². The maximum atomic E-state index is 12.5. The van der Waals surface area contributed by atoms with Gasteiger partial charge in [0, 0.05) is 23.1 Å². The van der Waals surface area contributed by atoms with Crippen LogP contribution in [0.2, 0.25) is 0 Å². The molecule has 1 amide bonds. The number of carbonyl (C=O) groups excluding carboxylic acids is 2. The van der Waals surface area contributed by atoms with Crippen LogP contribution < -0.4 is 0 Å². The van der Waals surface area contributed by atoms with Crippen LogP contribution in [0.25, 0.3) is 0 Å². The van der Waals surface area contributed by atoms with E-state index in [1.807, 2.05) is 30.3 Å². The zero-order chi connectivity index (χ0) is 18.4. The number of methoxy groups -OCH3 is 1. The number of carboxylic acid groups (broad SMARTS) is 1. The summed E-state index contributed by atoms with van der Waals surface area (Å²) in [4.78, 5) is 37.9. The first-order valence-corrected chi connectivity index (χ1v) is 9.12. The molecule has 0 radical (unpaired) electrons. The van der Waals surface area contributed by atoms with E-state index in [-0.39, 0.29) is 29.5 Å². The third-order valence-electron chi connectivity index (χ3n) is 4.31. The van der Waals surface area contributed by atoms with Crippen LogP contribution >= 0.6 is 11.8 Å². The van der Waals surface area contributed by atoms with Gasteiger partial charge in [-0.1, -0.05) is 25.1 Å². The minimum atomic E-state index is -0.981. The lowest BCUT2D eigenvalue weighted by Crippen LogP contribution is -2.40. The van der Waals surface area contributed by atoms with Crippen LogP contribution in [0.1, 0.15) is 26.2 Å². The topological polar surface area (TPSA) is 83.9 Å². The SMILES string of the molecule is COC(=O)C(C)CCC(=O)N1CC(Sc2ccccc2)C[C@H]1C(=O)O. The summed E-state index contributed by atoms with van der Waals surface area (Å²) in [6, 6.07) is 8.94. The van der Waals surface area contributed by atoms with Crippen LogP contribution in [-0.2, 0) is 19.1 Å². The smallest absolute Gasteiger partial charge is 0.326 e. The fourth-order valence-corrected chi connectivity index (χ4v) is 4.10. The van der Waals surface area contributed by atoms with E-state index < -0.39 is 12.0 Å². The monoisotopic (exact) mass is 365 g/mol. The number of thioether (sulfide) groups is 1. The number of carbonyl (C=O) groups is 3. The molecule has 1 aliphatic heterocycles. The number of aliphatic carboxylic acids is 1. The predicted octanol–water partition coefficient (Wildman–Crippen LogP) is 2.42. The van der Waals surface area contributed by atoms with Crippen molar-refractivity contribution < 1.29 is 24.2 Å². The maximum Gasteiger partial charge on any atom is 0.326 e. The van der Waals surface area contributed by atoms with Crippen molar-refractivity contribution in [1.29, 1.82) is 0 Å². The van der Waals surface area contributed by atoms with Crippen LogP contribution in [0, 0.1) is 5.92 Å². The zero-order valence-electron chi connectivity index (χ0n) is 14.4. The summed E-state index contributed by atoms with van der Waals surface area (Å²) in [6.45, 7) is 2.10. The molecule has 136 valence electrons. The second-order valence-electron chi connectivity index (χ2n) is 6.15. The number of ether oxygens (including phenoxy) is 1. The van der Waals surface area contributed by atoms with Gasteiger partial charge >= 0.3 is 11.9 Å². The average Bonchev–Trinajstić information content (AvgIpc) is 3.03. The lowest BCUT2D eigenvalue weighted by molar-refractivity contribution is -0.149. The highest BCUT2D eigenvalue weighted by Crippen LogP contribution is 2.33. The van der Waals surface area contributed by atoms with Crippen molar-refractivity contribution in [2.45, 2.75) is 42.4 Å². The van der Waals surface area contributed by atoms with E-state index in [1.54, 1.807) is 18.7 Å². The van der Waals surface area contributed by atoms with Crippen molar-refractivity contribution in [3.63, 3.8) is 0 Å². The Morgan fingerprint density at radius 1 is 1.32 bits per heavy atom. The molecule has 6 nitrogen and oxygen atoms in total. The Bertz CT molecular complexity index is 621. The molecular formula is C18H23NO5S. The standard InChI is InChI=1S/C18H23NO5S/c1-12(18(23)24-2)8-9-16(20)19-11-14(10-15(19)17(21)22)25-13-6-4-3-5-7-13/h3-7,12,14-15H,8-11H2,1-2H3,(H,21,22)/t12?,14?,15-/m0/s1. The van der Waals surface area contributed by atoms with Gasteiger partial charge in [-0.15, -0.1) is 11.8 Å². The summed E-state index contributed by atoms with van der Waals surface area (Å²) in [5.74, 6) is -1.94. The number of likely N-dealkylation sites (tertiary alicyclic amines) is 1. The molecule has 1 aromatic rings. The first-order valence-electron chi connectivity index (χ1n) is 8.24. The van der Waals surface area contributed by atoms with Crippen molar-refractivity contribution in [3.8, 4) is 0 Å². The number of hydrogen-bond donors (Lipinski definition) is 1. The molecule has 1 fully saturated rings. The maximum absolute atomic E-state index is 12.5. The van der Waals surface area contributed by atoms with Crippen LogP contribution in [-0.4, -0.2) is 52.8 Å². The normalized spacial score (nSPS) is 21.0. The minimum Gasteiger partial charge on any atom is -0.480 e. The third kappa shape index (κ3) is 5.22. The Morgan fingerprint density at radius 3 is 2.60 bits per heavy atom. The van der Waals surface area contributed by atoms with Gasteiger partial charge in [-0.3, -0.25) is 9.59 Å². The number of esters is 1. The Balaban J connectivity index is 1.96. The molecule has 7 heteroatoms. The lowest BCUT2D eigenvalue weighted by atomic mass is 10.1. The van der Waals surface area contributed by atoms with Crippen molar-refractivity contribution in [2.24, 2.45) is 5.92 Å². The summed E-state index contributed by atoms with van der Waals surface area (Å²) in [5.41, 5.74) is 0. The fraction of sp³-hybridized carbons (Fsp3) is 0.500. The summed E-state index contributed by atoms with van der Waals surface area (Å²) in [7, 11) is 1.31. The van der Waals surface area contributed by atoms with E-state index >= 15 is 0 Å². The number of hydrogen-bond acceptors (Lipinski definition) is 5. The van der Waals surface area contributed by atoms with Crippen LogP contribution in [0.4, 0.5) is 0 Å². The van der Waals surface area contributed by atoms with E-state index in [1.165, 1.54) is 12.0 Å². The molecular weight excluding hydrogens is 342 g/mol. The molecule has 0 saturated carbocycles. The fourth-order valence-electron chi connectivity index (χ4n) is 2.89. The number of amides is 1. The molecule has 1 aliphatic rings. The second-order valence-corrected chi connectivity index (χ2v) is 7.53. The highest BCUT2D eigenvalue weighted by Gasteiger charge is 2.39. The van der Waals surface area contributed by atoms with Gasteiger partial charge in [-0.25, -0.2) is 4.79 Å². The minimum absolute atomic E-state index is 0.0467. The molecule has 1 heterocycles. The number of carboxylic acids is 1. The van der Waals surface area contributed by atoms with Gasteiger partial charge in [-0.05, 0) is 25.0 Å². The summed E-state index contributed by atoms with van der Waals surface area (Å²) >= 11 is 1.60. The van der Waals surface area contributed by atoms with E-state index in [0.29, 0.717) is 19.4 Å².